The largest absolute Gasteiger partial charge is 0.454 e. The van der Waals surface area contributed by atoms with Crippen molar-refractivity contribution in [2.75, 3.05) is 11.5 Å². The molecule has 3 aromatic rings. The summed E-state index contributed by atoms with van der Waals surface area (Å²) in [7, 11) is 0. The van der Waals surface area contributed by atoms with Crippen molar-refractivity contribution in [3.05, 3.63) is 88.1 Å². The van der Waals surface area contributed by atoms with Crippen LogP contribution in [0.3, 0.4) is 0 Å². The highest BCUT2D eigenvalue weighted by molar-refractivity contribution is 7.12. The fourth-order valence-electron chi connectivity index (χ4n) is 3.93. The SMILES string of the molecule is C[C@@H]1Cc2ccccc2N1C(=O)COC(=O)[C@H](Cc1ccccc1)NC(=O)c1cccs1. The van der Waals surface area contributed by atoms with Crippen LogP contribution in [-0.2, 0) is 27.2 Å². The number of carbonyl (C=O) groups excluding carboxylic acids is 3. The summed E-state index contributed by atoms with van der Waals surface area (Å²) in [5, 5.41) is 4.56. The summed E-state index contributed by atoms with van der Waals surface area (Å²) in [6.07, 6.45) is 1.04. The van der Waals surface area contributed by atoms with Crippen molar-refractivity contribution in [3.63, 3.8) is 0 Å². The average Bonchev–Trinajstić information content (AvgIpc) is 3.45. The molecule has 2 atom stereocenters. The molecule has 1 aromatic heterocycles. The molecule has 2 aromatic carbocycles. The van der Waals surface area contributed by atoms with Crippen LogP contribution in [0.4, 0.5) is 5.69 Å². The van der Waals surface area contributed by atoms with Crippen molar-refractivity contribution in [1.82, 2.24) is 5.32 Å². The van der Waals surface area contributed by atoms with Crippen molar-refractivity contribution in [2.24, 2.45) is 0 Å². The third-order valence-corrected chi connectivity index (χ3v) is 6.30. The van der Waals surface area contributed by atoms with E-state index in [-0.39, 0.29) is 30.9 Å². The van der Waals surface area contributed by atoms with Crippen LogP contribution in [0.25, 0.3) is 0 Å². The number of nitrogens with zero attached hydrogens (tertiary/aromatic N) is 1. The molecule has 1 aliphatic heterocycles. The quantitative estimate of drug-likeness (QED) is 0.561. The molecule has 2 amide bonds. The normalized spacial score (nSPS) is 15.7. The Hall–Kier alpha value is -3.45. The van der Waals surface area contributed by atoms with E-state index < -0.39 is 12.0 Å². The second kappa shape index (κ2) is 9.78. The molecule has 4 rings (SSSR count). The van der Waals surface area contributed by atoms with Crippen molar-refractivity contribution in [3.8, 4) is 0 Å². The number of carbonyl (C=O) groups is 3. The highest BCUT2D eigenvalue weighted by Gasteiger charge is 2.32. The first-order chi connectivity index (χ1) is 15.5. The van der Waals surface area contributed by atoms with Crippen molar-refractivity contribution in [2.45, 2.75) is 31.8 Å². The maximum Gasteiger partial charge on any atom is 0.329 e. The summed E-state index contributed by atoms with van der Waals surface area (Å²) < 4.78 is 5.39. The van der Waals surface area contributed by atoms with Crippen molar-refractivity contribution >= 4 is 34.8 Å². The predicted molar refractivity (Wildman–Crippen MR) is 124 cm³/mol. The molecule has 0 saturated heterocycles. The van der Waals surface area contributed by atoms with E-state index in [0.717, 1.165) is 23.2 Å². The van der Waals surface area contributed by atoms with E-state index in [1.165, 1.54) is 11.3 Å². The minimum Gasteiger partial charge on any atom is -0.454 e. The maximum absolute atomic E-state index is 12.9. The zero-order valence-electron chi connectivity index (χ0n) is 17.7. The smallest absolute Gasteiger partial charge is 0.329 e. The molecule has 0 fully saturated rings. The number of esters is 1. The maximum atomic E-state index is 12.9. The number of hydrogen-bond donors (Lipinski definition) is 1. The first-order valence-electron chi connectivity index (χ1n) is 10.5. The van der Waals surface area contributed by atoms with E-state index >= 15 is 0 Å². The summed E-state index contributed by atoms with van der Waals surface area (Å²) in [6, 6.07) is 19.7. The molecule has 0 unspecified atom stereocenters. The van der Waals surface area contributed by atoms with Gasteiger partial charge in [-0.25, -0.2) is 4.79 Å². The minimum absolute atomic E-state index is 0.00255. The van der Waals surface area contributed by atoms with Gasteiger partial charge in [-0.05, 0) is 42.0 Å². The van der Waals surface area contributed by atoms with Crippen LogP contribution in [0.15, 0.2) is 72.1 Å². The Morgan fingerprint density at radius 1 is 1.06 bits per heavy atom. The fraction of sp³-hybridized carbons (Fsp3) is 0.240. The Kier molecular flexibility index (Phi) is 6.66. The molecule has 0 radical (unpaired) electrons. The van der Waals surface area contributed by atoms with Gasteiger partial charge in [0.05, 0.1) is 4.88 Å². The molecular weight excluding hydrogens is 424 g/mol. The zero-order valence-corrected chi connectivity index (χ0v) is 18.5. The molecule has 7 heteroatoms. The summed E-state index contributed by atoms with van der Waals surface area (Å²) in [5.41, 5.74) is 2.84. The third-order valence-electron chi connectivity index (χ3n) is 5.43. The molecule has 1 aliphatic rings. The standard InChI is InChI=1S/C25H24N2O4S/c1-17-14-19-10-5-6-11-21(19)27(17)23(28)16-31-25(30)20(15-18-8-3-2-4-9-18)26-24(29)22-12-7-13-32-22/h2-13,17,20H,14-16H2,1H3,(H,26,29)/t17-,20+/m1/s1. The van der Waals surface area contributed by atoms with Gasteiger partial charge in [0, 0.05) is 18.2 Å². The lowest BCUT2D eigenvalue weighted by Crippen LogP contribution is -2.45. The third kappa shape index (κ3) is 4.89. The van der Waals surface area contributed by atoms with E-state index in [0.29, 0.717) is 4.88 Å². The predicted octanol–water partition coefficient (Wildman–Crippen LogP) is 3.61. The molecule has 32 heavy (non-hydrogen) atoms. The van der Waals surface area contributed by atoms with Gasteiger partial charge in [0.15, 0.2) is 6.61 Å². The summed E-state index contributed by atoms with van der Waals surface area (Å²) in [5.74, 6) is -1.25. The summed E-state index contributed by atoms with van der Waals surface area (Å²) in [6.45, 7) is 1.59. The Bertz CT molecular complexity index is 1100. The fourth-order valence-corrected chi connectivity index (χ4v) is 4.56. The first kappa shape index (κ1) is 21.8. The Labute approximate surface area is 190 Å². The summed E-state index contributed by atoms with van der Waals surface area (Å²) in [4.78, 5) is 40.5. The molecule has 6 nitrogen and oxygen atoms in total. The number of rotatable bonds is 7. The van der Waals surface area contributed by atoms with Crippen LogP contribution < -0.4 is 10.2 Å². The van der Waals surface area contributed by atoms with Crippen LogP contribution in [0.5, 0.6) is 0 Å². The molecule has 2 heterocycles. The molecule has 0 bridgehead atoms. The molecule has 164 valence electrons. The number of hydrogen-bond acceptors (Lipinski definition) is 5. The van der Waals surface area contributed by atoms with E-state index in [2.05, 4.69) is 5.32 Å². The number of anilines is 1. The van der Waals surface area contributed by atoms with Crippen LogP contribution in [-0.4, -0.2) is 36.5 Å². The lowest BCUT2D eigenvalue weighted by molar-refractivity contribution is -0.149. The van der Waals surface area contributed by atoms with Gasteiger partial charge in [-0.1, -0.05) is 54.6 Å². The van der Waals surface area contributed by atoms with Gasteiger partial charge in [0.2, 0.25) is 0 Å². The molecular formula is C25H24N2O4S. The average molecular weight is 449 g/mol. The number of amides is 2. The highest BCUT2D eigenvalue weighted by Crippen LogP contribution is 2.31. The Morgan fingerprint density at radius 2 is 1.81 bits per heavy atom. The van der Waals surface area contributed by atoms with Crippen LogP contribution in [0, 0.1) is 0 Å². The lowest BCUT2D eigenvalue weighted by atomic mass is 10.1. The van der Waals surface area contributed by atoms with Crippen LogP contribution in [0.2, 0.25) is 0 Å². The van der Waals surface area contributed by atoms with Crippen LogP contribution in [0.1, 0.15) is 27.7 Å². The van der Waals surface area contributed by atoms with Gasteiger partial charge in [-0.15, -0.1) is 11.3 Å². The Morgan fingerprint density at radius 3 is 2.56 bits per heavy atom. The van der Waals surface area contributed by atoms with E-state index in [1.54, 1.807) is 22.4 Å². The van der Waals surface area contributed by atoms with Gasteiger partial charge in [-0.2, -0.15) is 0 Å². The topological polar surface area (TPSA) is 75.7 Å². The van der Waals surface area contributed by atoms with Gasteiger partial charge in [0.1, 0.15) is 6.04 Å². The number of thiophene rings is 1. The number of benzene rings is 2. The molecule has 0 saturated carbocycles. The number of ether oxygens (including phenoxy) is 1. The van der Waals surface area contributed by atoms with Crippen molar-refractivity contribution < 1.29 is 19.1 Å². The second-order valence-electron chi connectivity index (χ2n) is 7.75. The van der Waals surface area contributed by atoms with Gasteiger partial charge < -0.3 is 15.0 Å². The number of fused-ring (bicyclic) bond motifs is 1. The van der Waals surface area contributed by atoms with E-state index in [9.17, 15) is 14.4 Å². The second-order valence-corrected chi connectivity index (χ2v) is 8.69. The van der Waals surface area contributed by atoms with Gasteiger partial charge in [0.25, 0.3) is 11.8 Å². The Balaban J connectivity index is 1.43. The number of nitrogens with one attached hydrogen (secondary N) is 1. The summed E-state index contributed by atoms with van der Waals surface area (Å²) >= 11 is 1.29. The van der Waals surface area contributed by atoms with Crippen LogP contribution >= 0.6 is 11.3 Å². The zero-order chi connectivity index (χ0) is 22.5. The highest BCUT2D eigenvalue weighted by atomic mass is 32.1. The number of para-hydroxylation sites is 1. The molecule has 0 aliphatic carbocycles. The monoisotopic (exact) mass is 448 g/mol. The van der Waals surface area contributed by atoms with Crippen molar-refractivity contribution in [1.29, 1.82) is 0 Å². The van der Waals surface area contributed by atoms with Gasteiger partial charge >= 0.3 is 5.97 Å². The molecule has 1 N–H and O–H groups in total. The van der Waals surface area contributed by atoms with E-state index in [1.807, 2.05) is 61.5 Å². The van der Waals surface area contributed by atoms with E-state index in [4.69, 9.17) is 4.74 Å². The minimum atomic E-state index is -0.900. The lowest BCUT2D eigenvalue weighted by Gasteiger charge is -2.23. The van der Waals surface area contributed by atoms with Gasteiger partial charge in [-0.3, -0.25) is 9.59 Å². The molecule has 0 spiro atoms. The first-order valence-corrected chi connectivity index (χ1v) is 11.4.